The van der Waals surface area contributed by atoms with Crippen LogP contribution in [0.25, 0.3) is 10.6 Å². The van der Waals surface area contributed by atoms with Gasteiger partial charge in [0.1, 0.15) is 5.78 Å². The molecule has 2 aromatic carbocycles. The number of hydrogen-bond acceptors (Lipinski definition) is 5. The van der Waals surface area contributed by atoms with Crippen LogP contribution in [0.2, 0.25) is 0 Å². The molecule has 0 aliphatic heterocycles. The monoisotopic (exact) mass is 427 g/mol. The number of thiophene rings is 1. The van der Waals surface area contributed by atoms with E-state index in [2.05, 4.69) is 65.8 Å². The highest BCUT2D eigenvalue weighted by Gasteiger charge is 2.07. The van der Waals surface area contributed by atoms with Crippen LogP contribution in [0.4, 0.5) is 11.6 Å². The third-order valence-electron chi connectivity index (χ3n) is 4.98. The van der Waals surface area contributed by atoms with Crippen LogP contribution in [0.1, 0.15) is 28.5 Å². The SMILES string of the molecule is CC(=O)Cc1ccc(CCc2ccc(-c3ccnc(Nc4cccc(C)c4)n3)s2)cc1. The number of hydrogen-bond donors (Lipinski definition) is 1. The Hall–Kier alpha value is -3.31. The first-order chi connectivity index (χ1) is 15.0. The largest absolute Gasteiger partial charge is 0.324 e. The van der Waals surface area contributed by atoms with E-state index in [0.29, 0.717) is 12.4 Å². The number of rotatable bonds is 8. The summed E-state index contributed by atoms with van der Waals surface area (Å²) in [4.78, 5) is 22.8. The van der Waals surface area contributed by atoms with E-state index in [0.717, 1.165) is 34.7 Å². The van der Waals surface area contributed by atoms with E-state index in [1.54, 1.807) is 24.5 Å². The van der Waals surface area contributed by atoms with Crippen molar-refractivity contribution >= 4 is 28.8 Å². The average Bonchev–Trinajstić information content (AvgIpc) is 3.22. The molecule has 0 unspecified atom stereocenters. The second-order valence-electron chi connectivity index (χ2n) is 7.72. The summed E-state index contributed by atoms with van der Waals surface area (Å²) in [5, 5.41) is 3.29. The Labute approximate surface area is 187 Å². The Kier molecular flexibility index (Phi) is 6.53. The van der Waals surface area contributed by atoms with E-state index in [1.807, 2.05) is 18.2 Å². The van der Waals surface area contributed by atoms with Crippen molar-refractivity contribution in [1.82, 2.24) is 9.97 Å². The molecule has 0 spiro atoms. The molecular formula is C26H25N3OS. The molecule has 4 nitrogen and oxygen atoms in total. The number of carbonyl (C=O) groups excluding carboxylic acids is 1. The Bertz CT molecular complexity index is 1180. The Balaban J connectivity index is 1.40. The molecule has 4 aromatic rings. The maximum atomic E-state index is 11.2. The predicted octanol–water partition coefficient (Wildman–Crippen LogP) is 6.17. The topological polar surface area (TPSA) is 54.9 Å². The van der Waals surface area contributed by atoms with Crippen LogP contribution in [0.3, 0.4) is 0 Å². The minimum atomic E-state index is 0.195. The summed E-state index contributed by atoms with van der Waals surface area (Å²) in [6.07, 6.45) is 4.26. The number of nitrogens with zero attached hydrogens (tertiary/aromatic N) is 2. The van der Waals surface area contributed by atoms with Gasteiger partial charge in [0.2, 0.25) is 5.95 Å². The van der Waals surface area contributed by atoms with Gasteiger partial charge in [0.05, 0.1) is 10.6 Å². The van der Waals surface area contributed by atoms with Gasteiger partial charge < -0.3 is 5.32 Å². The third-order valence-corrected chi connectivity index (χ3v) is 6.15. The molecule has 4 rings (SSSR count). The highest BCUT2D eigenvalue weighted by Crippen LogP contribution is 2.28. The van der Waals surface area contributed by atoms with Gasteiger partial charge in [0, 0.05) is 23.2 Å². The summed E-state index contributed by atoms with van der Waals surface area (Å²) in [6, 6.07) is 22.8. The van der Waals surface area contributed by atoms with E-state index in [-0.39, 0.29) is 5.78 Å². The van der Waals surface area contributed by atoms with Gasteiger partial charge in [0.25, 0.3) is 0 Å². The Morgan fingerprint density at radius 1 is 0.968 bits per heavy atom. The molecule has 0 atom stereocenters. The van der Waals surface area contributed by atoms with Crippen molar-refractivity contribution in [1.29, 1.82) is 0 Å². The highest BCUT2D eigenvalue weighted by molar-refractivity contribution is 7.15. The summed E-state index contributed by atoms with van der Waals surface area (Å²) in [6.45, 7) is 3.69. The lowest BCUT2D eigenvalue weighted by Crippen LogP contribution is -1.97. The summed E-state index contributed by atoms with van der Waals surface area (Å²) < 4.78 is 0. The van der Waals surface area contributed by atoms with Gasteiger partial charge in [0.15, 0.2) is 0 Å². The summed E-state index contributed by atoms with van der Waals surface area (Å²) >= 11 is 1.77. The van der Waals surface area contributed by atoms with E-state index < -0.39 is 0 Å². The van der Waals surface area contributed by atoms with E-state index >= 15 is 0 Å². The normalized spacial score (nSPS) is 10.8. The van der Waals surface area contributed by atoms with Crippen molar-refractivity contribution in [2.75, 3.05) is 5.32 Å². The molecule has 0 amide bonds. The first kappa shape index (κ1) is 20.9. The third kappa shape index (κ3) is 5.86. The minimum Gasteiger partial charge on any atom is -0.324 e. The zero-order valence-electron chi connectivity index (χ0n) is 17.8. The van der Waals surface area contributed by atoms with Gasteiger partial charge in [-0.25, -0.2) is 9.97 Å². The van der Waals surface area contributed by atoms with E-state index in [9.17, 15) is 4.79 Å². The van der Waals surface area contributed by atoms with Crippen LogP contribution in [-0.2, 0) is 24.1 Å². The van der Waals surface area contributed by atoms with Gasteiger partial charge in [-0.3, -0.25) is 4.79 Å². The van der Waals surface area contributed by atoms with Crippen molar-refractivity contribution in [3.63, 3.8) is 0 Å². The molecule has 2 heterocycles. The number of ketones is 1. The standard InChI is InChI=1S/C26H25N3OS/c1-18-4-3-5-22(16-18)28-26-27-15-14-24(29-26)25-13-12-23(31-25)11-10-20-6-8-21(9-7-20)17-19(2)30/h3-9,12-16H,10-11,17H2,1-2H3,(H,27,28,29). The quantitative estimate of drug-likeness (QED) is 0.365. The van der Waals surface area contributed by atoms with Gasteiger partial charge >= 0.3 is 0 Å². The average molecular weight is 428 g/mol. The Morgan fingerprint density at radius 2 is 1.77 bits per heavy atom. The summed E-state index contributed by atoms with van der Waals surface area (Å²) in [5.74, 6) is 0.796. The first-order valence-electron chi connectivity index (χ1n) is 10.4. The molecule has 0 saturated heterocycles. The van der Waals surface area contributed by atoms with Crippen LogP contribution in [0.15, 0.2) is 72.9 Å². The molecule has 0 bridgehead atoms. The van der Waals surface area contributed by atoms with Gasteiger partial charge in [-0.05, 0) is 73.7 Å². The maximum Gasteiger partial charge on any atom is 0.227 e. The number of aromatic nitrogens is 2. The molecule has 0 radical (unpaired) electrons. The van der Waals surface area contributed by atoms with Gasteiger partial charge in [-0.1, -0.05) is 36.4 Å². The number of benzene rings is 2. The lowest BCUT2D eigenvalue weighted by Gasteiger charge is -2.06. The van der Waals surface area contributed by atoms with Gasteiger partial charge in [-0.2, -0.15) is 0 Å². The number of aryl methyl sites for hydroxylation is 3. The highest BCUT2D eigenvalue weighted by atomic mass is 32.1. The first-order valence-corrected chi connectivity index (χ1v) is 11.2. The Morgan fingerprint density at radius 3 is 2.55 bits per heavy atom. The van der Waals surface area contributed by atoms with E-state index in [1.165, 1.54) is 16.0 Å². The molecule has 0 aliphatic rings. The molecule has 2 aromatic heterocycles. The molecule has 0 fully saturated rings. The smallest absolute Gasteiger partial charge is 0.227 e. The van der Waals surface area contributed by atoms with Crippen molar-refractivity contribution in [3.05, 3.63) is 94.5 Å². The summed E-state index contributed by atoms with van der Waals surface area (Å²) in [5.41, 5.74) is 5.47. The fourth-order valence-electron chi connectivity index (χ4n) is 3.44. The molecule has 0 saturated carbocycles. The molecule has 5 heteroatoms. The van der Waals surface area contributed by atoms with Crippen LogP contribution in [0, 0.1) is 6.92 Å². The van der Waals surface area contributed by atoms with Crippen LogP contribution in [-0.4, -0.2) is 15.8 Å². The second kappa shape index (κ2) is 9.67. The summed E-state index contributed by atoms with van der Waals surface area (Å²) in [7, 11) is 0. The molecule has 156 valence electrons. The van der Waals surface area contributed by atoms with E-state index in [4.69, 9.17) is 4.98 Å². The minimum absolute atomic E-state index is 0.195. The lowest BCUT2D eigenvalue weighted by molar-refractivity contribution is -0.116. The number of carbonyl (C=O) groups is 1. The van der Waals surface area contributed by atoms with Gasteiger partial charge in [-0.15, -0.1) is 11.3 Å². The fraction of sp³-hybridized carbons (Fsp3) is 0.192. The van der Waals surface area contributed by atoms with Crippen LogP contribution in [0.5, 0.6) is 0 Å². The van der Waals surface area contributed by atoms with Crippen LogP contribution < -0.4 is 5.32 Å². The van der Waals surface area contributed by atoms with Crippen molar-refractivity contribution in [3.8, 4) is 10.6 Å². The fourth-order valence-corrected chi connectivity index (χ4v) is 4.41. The maximum absolute atomic E-state index is 11.2. The number of Topliss-reactive ketones (excluding diaryl/α,β-unsaturated/α-hetero) is 1. The molecule has 1 N–H and O–H groups in total. The van der Waals surface area contributed by atoms with Crippen LogP contribution >= 0.6 is 11.3 Å². The zero-order chi connectivity index (χ0) is 21.6. The van der Waals surface area contributed by atoms with Crippen molar-refractivity contribution in [2.45, 2.75) is 33.1 Å². The number of anilines is 2. The number of nitrogens with one attached hydrogen (secondary N) is 1. The molecular weight excluding hydrogens is 402 g/mol. The predicted molar refractivity (Wildman–Crippen MR) is 128 cm³/mol. The molecule has 31 heavy (non-hydrogen) atoms. The van der Waals surface area contributed by atoms with Crippen molar-refractivity contribution in [2.24, 2.45) is 0 Å². The van der Waals surface area contributed by atoms with Crippen molar-refractivity contribution < 1.29 is 4.79 Å². The second-order valence-corrected chi connectivity index (χ2v) is 8.89. The zero-order valence-corrected chi connectivity index (χ0v) is 18.6. The lowest BCUT2D eigenvalue weighted by atomic mass is 10.0. The molecule has 0 aliphatic carbocycles.